The van der Waals surface area contributed by atoms with E-state index in [2.05, 4.69) is 5.32 Å². The third-order valence-electron chi connectivity index (χ3n) is 2.44. The minimum Gasteiger partial charge on any atom is -0.360 e. The van der Waals surface area contributed by atoms with Gasteiger partial charge in [0.1, 0.15) is 0 Å². The van der Waals surface area contributed by atoms with Gasteiger partial charge in [0.05, 0.1) is 6.54 Å². The van der Waals surface area contributed by atoms with Crippen LogP contribution in [0.5, 0.6) is 0 Å². The number of nitrogens with zero attached hydrogens (tertiary/aromatic N) is 1. The quantitative estimate of drug-likeness (QED) is 0.735. The summed E-state index contributed by atoms with van der Waals surface area (Å²) < 4.78 is 24.1. The summed E-state index contributed by atoms with van der Waals surface area (Å²) in [6, 6.07) is 0.391. The van der Waals surface area contributed by atoms with E-state index >= 15 is 0 Å². The first-order valence-electron chi connectivity index (χ1n) is 4.89. The highest BCUT2D eigenvalue weighted by molar-refractivity contribution is 7.80. The van der Waals surface area contributed by atoms with Gasteiger partial charge in [-0.05, 0) is 25.1 Å². The Labute approximate surface area is 88.7 Å². The Kier molecular flexibility index (Phi) is 4.51. The molecule has 0 bridgehead atoms. The summed E-state index contributed by atoms with van der Waals surface area (Å²) in [4.78, 5) is 1.40. The fraction of sp³-hybridized carbons (Fsp3) is 0.889. The summed E-state index contributed by atoms with van der Waals surface area (Å²) >= 11 is 5.01. The molecule has 5 heteroatoms. The van der Waals surface area contributed by atoms with E-state index in [0.717, 1.165) is 12.8 Å². The monoisotopic (exact) mass is 222 g/mol. The van der Waals surface area contributed by atoms with Crippen molar-refractivity contribution >= 4 is 17.3 Å². The van der Waals surface area contributed by atoms with E-state index in [-0.39, 0.29) is 6.54 Å². The second kappa shape index (κ2) is 5.44. The zero-order valence-electron chi connectivity index (χ0n) is 8.30. The normalized spacial score (nSPS) is 17.4. The van der Waals surface area contributed by atoms with Crippen LogP contribution in [0, 0.1) is 0 Å². The van der Waals surface area contributed by atoms with Crippen molar-refractivity contribution in [3.8, 4) is 0 Å². The van der Waals surface area contributed by atoms with E-state index in [4.69, 9.17) is 12.2 Å². The van der Waals surface area contributed by atoms with Crippen LogP contribution in [0.15, 0.2) is 0 Å². The van der Waals surface area contributed by atoms with Gasteiger partial charge < -0.3 is 10.2 Å². The molecule has 0 saturated heterocycles. The fourth-order valence-corrected chi connectivity index (χ4v) is 1.89. The van der Waals surface area contributed by atoms with Gasteiger partial charge in [-0.15, -0.1) is 0 Å². The van der Waals surface area contributed by atoms with Gasteiger partial charge >= 0.3 is 0 Å². The Morgan fingerprint density at radius 3 is 2.57 bits per heavy atom. The zero-order chi connectivity index (χ0) is 10.6. The predicted octanol–water partition coefficient (Wildman–Crippen LogP) is 2.00. The summed E-state index contributed by atoms with van der Waals surface area (Å²) in [5, 5.41) is 3.55. The van der Waals surface area contributed by atoms with E-state index in [1.807, 2.05) is 0 Å². The lowest BCUT2D eigenvalue weighted by Gasteiger charge is -2.23. The number of hydrogen-bond donors (Lipinski definition) is 1. The summed E-state index contributed by atoms with van der Waals surface area (Å²) in [7, 11) is 1.59. The second-order valence-corrected chi connectivity index (χ2v) is 4.09. The zero-order valence-corrected chi connectivity index (χ0v) is 9.12. The van der Waals surface area contributed by atoms with E-state index in [0.29, 0.717) is 11.2 Å². The standard InChI is InChI=1S/C9H16F2N2S/c1-13(6-8(10)11)9(14)12-7-4-2-3-5-7/h7-8H,2-6H2,1H3,(H,12,14). The minimum absolute atomic E-state index is 0.293. The lowest BCUT2D eigenvalue weighted by atomic mass is 10.2. The highest BCUT2D eigenvalue weighted by atomic mass is 32.1. The van der Waals surface area contributed by atoms with Crippen LogP contribution in [0.4, 0.5) is 8.78 Å². The molecule has 2 nitrogen and oxygen atoms in total. The van der Waals surface area contributed by atoms with Gasteiger partial charge in [0.25, 0.3) is 6.43 Å². The van der Waals surface area contributed by atoms with E-state index in [1.54, 1.807) is 7.05 Å². The Hall–Kier alpha value is -0.450. The first kappa shape index (κ1) is 11.6. The third kappa shape index (κ3) is 3.74. The maximum atomic E-state index is 12.0. The Morgan fingerprint density at radius 1 is 1.50 bits per heavy atom. The molecule has 1 fully saturated rings. The molecular formula is C9H16F2N2S. The average Bonchev–Trinajstić information content (AvgIpc) is 2.55. The molecule has 0 aromatic carbocycles. The lowest BCUT2D eigenvalue weighted by Crippen LogP contribution is -2.43. The molecule has 0 amide bonds. The minimum atomic E-state index is -2.33. The van der Waals surface area contributed by atoms with Crippen LogP contribution in [0.25, 0.3) is 0 Å². The summed E-state index contributed by atoms with van der Waals surface area (Å²) in [5.74, 6) is 0. The van der Waals surface area contributed by atoms with Crippen molar-refractivity contribution in [1.29, 1.82) is 0 Å². The molecule has 0 radical (unpaired) electrons. The SMILES string of the molecule is CN(CC(F)F)C(=S)NC1CCCC1. The van der Waals surface area contributed by atoms with Crippen molar-refractivity contribution in [3.05, 3.63) is 0 Å². The molecule has 14 heavy (non-hydrogen) atoms. The largest absolute Gasteiger partial charge is 0.360 e. The summed E-state index contributed by atoms with van der Waals surface area (Å²) in [5.41, 5.74) is 0. The molecule has 0 spiro atoms. The molecule has 1 saturated carbocycles. The number of thiocarbonyl (C=S) groups is 1. The molecule has 1 aliphatic carbocycles. The molecular weight excluding hydrogens is 206 g/mol. The molecule has 0 heterocycles. The lowest BCUT2D eigenvalue weighted by molar-refractivity contribution is 0.123. The van der Waals surface area contributed by atoms with Gasteiger partial charge in [0.2, 0.25) is 0 Å². The van der Waals surface area contributed by atoms with Crippen LogP contribution in [0.2, 0.25) is 0 Å². The van der Waals surface area contributed by atoms with Crippen molar-refractivity contribution in [2.45, 2.75) is 38.2 Å². The van der Waals surface area contributed by atoms with Crippen LogP contribution >= 0.6 is 12.2 Å². The van der Waals surface area contributed by atoms with Crippen LogP contribution in [0.3, 0.4) is 0 Å². The predicted molar refractivity (Wildman–Crippen MR) is 56.6 cm³/mol. The first-order valence-corrected chi connectivity index (χ1v) is 5.30. The number of alkyl halides is 2. The van der Waals surface area contributed by atoms with E-state index in [9.17, 15) is 8.78 Å². The van der Waals surface area contributed by atoms with Crippen molar-refractivity contribution in [1.82, 2.24) is 10.2 Å². The van der Waals surface area contributed by atoms with Crippen LogP contribution in [0.1, 0.15) is 25.7 Å². The fourth-order valence-electron chi connectivity index (χ4n) is 1.64. The van der Waals surface area contributed by atoms with Gasteiger partial charge in [0, 0.05) is 13.1 Å². The molecule has 0 aromatic heterocycles. The van der Waals surface area contributed by atoms with Crippen LogP contribution < -0.4 is 5.32 Å². The highest BCUT2D eigenvalue weighted by Gasteiger charge is 2.18. The molecule has 1 rings (SSSR count). The summed E-state index contributed by atoms with van der Waals surface area (Å²) in [6.45, 7) is -0.293. The topological polar surface area (TPSA) is 15.3 Å². The average molecular weight is 222 g/mol. The number of nitrogens with one attached hydrogen (secondary N) is 1. The Morgan fingerprint density at radius 2 is 2.07 bits per heavy atom. The number of halogens is 2. The molecule has 0 atom stereocenters. The van der Waals surface area contributed by atoms with Crippen molar-refractivity contribution in [2.24, 2.45) is 0 Å². The number of rotatable bonds is 3. The molecule has 0 aliphatic heterocycles. The molecule has 1 aliphatic rings. The van der Waals surface area contributed by atoms with Crippen molar-refractivity contribution in [3.63, 3.8) is 0 Å². The highest BCUT2D eigenvalue weighted by Crippen LogP contribution is 2.17. The van der Waals surface area contributed by atoms with Crippen LogP contribution in [-0.2, 0) is 0 Å². The van der Waals surface area contributed by atoms with Crippen LogP contribution in [-0.4, -0.2) is 36.1 Å². The van der Waals surface area contributed by atoms with Gasteiger partial charge in [0.15, 0.2) is 5.11 Å². The molecule has 1 N–H and O–H groups in total. The van der Waals surface area contributed by atoms with Gasteiger partial charge in [-0.2, -0.15) is 0 Å². The number of hydrogen-bond acceptors (Lipinski definition) is 1. The first-order chi connectivity index (χ1) is 6.59. The third-order valence-corrected chi connectivity index (χ3v) is 2.87. The smallest absolute Gasteiger partial charge is 0.255 e. The Bertz CT molecular complexity index is 193. The van der Waals surface area contributed by atoms with Crippen molar-refractivity contribution in [2.75, 3.05) is 13.6 Å². The molecule has 0 unspecified atom stereocenters. The van der Waals surface area contributed by atoms with Gasteiger partial charge in [-0.3, -0.25) is 0 Å². The van der Waals surface area contributed by atoms with Crippen molar-refractivity contribution < 1.29 is 8.78 Å². The maximum Gasteiger partial charge on any atom is 0.255 e. The van der Waals surface area contributed by atoms with E-state index in [1.165, 1.54) is 17.7 Å². The van der Waals surface area contributed by atoms with Gasteiger partial charge in [-0.1, -0.05) is 12.8 Å². The molecule has 82 valence electrons. The molecule has 0 aromatic rings. The second-order valence-electron chi connectivity index (χ2n) is 3.70. The summed E-state index contributed by atoms with van der Waals surface area (Å²) in [6.07, 6.45) is 2.28. The maximum absolute atomic E-state index is 12.0. The van der Waals surface area contributed by atoms with E-state index < -0.39 is 6.43 Å². The Balaban J connectivity index is 2.25. The van der Waals surface area contributed by atoms with Gasteiger partial charge in [-0.25, -0.2) is 8.78 Å².